The molecule has 0 amide bonds. The minimum absolute atomic E-state index is 0.0262. The fourth-order valence-corrected chi connectivity index (χ4v) is 1.09. The number of hydrogen-bond acceptors (Lipinski definition) is 8. The van der Waals surface area contributed by atoms with Gasteiger partial charge in [0.05, 0.1) is 0 Å². The van der Waals surface area contributed by atoms with Crippen molar-refractivity contribution < 1.29 is 31.5 Å². The highest BCUT2D eigenvalue weighted by molar-refractivity contribution is 5.60. The second kappa shape index (κ2) is 5.40. The number of anilines is 1. The Hall–Kier alpha value is -2.24. The lowest BCUT2D eigenvalue weighted by Gasteiger charge is -2.14. The van der Waals surface area contributed by atoms with E-state index in [-0.39, 0.29) is 23.2 Å². The molecule has 0 aliphatic carbocycles. The Balaban J connectivity index is 1.93. The Morgan fingerprint density at radius 1 is 1.25 bits per heavy atom. The van der Waals surface area contributed by atoms with Crippen LogP contribution in [-0.2, 0) is 11.3 Å². The number of ether oxygens (including phenoxy) is 1. The van der Waals surface area contributed by atoms with Gasteiger partial charge in [-0.3, -0.25) is 0 Å². The van der Waals surface area contributed by atoms with Gasteiger partial charge in [0.1, 0.15) is 13.2 Å². The van der Waals surface area contributed by atoms with Gasteiger partial charge in [-0.25, -0.2) is 13.4 Å². The van der Waals surface area contributed by atoms with E-state index >= 15 is 0 Å². The van der Waals surface area contributed by atoms with E-state index in [0.717, 1.165) is 0 Å². The fraction of sp³-hybridized carbons (Fsp3) is 0.500. The molecule has 0 fully saturated rings. The van der Waals surface area contributed by atoms with Crippen molar-refractivity contribution >= 4 is 5.82 Å². The highest BCUT2D eigenvalue weighted by Crippen LogP contribution is 2.23. The Labute approximate surface area is 107 Å². The average molecular weight is 297 g/mol. The highest BCUT2D eigenvalue weighted by atomic mass is 19.3. The van der Waals surface area contributed by atoms with Gasteiger partial charge in [-0.05, 0) is 10.3 Å². The van der Waals surface area contributed by atoms with Crippen molar-refractivity contribution in [1.29, 1.82) is 0 Å². The van der Waals surface area contributed by atoms with E-state index in [1.54, 1.807) is 0 Å². The van der Waals surface area contributed by atoms with E-state index in [9.17, 15) is 17.6 Å². The van der Waals surface area contributed by atoms with E-state index in [1.165, 1.54) is 0 Å². The molecule has 0 spiro atoms. The molecule has 0 radical (unpaired) electrons. The molecule has 20 heavy (non-hydrogen) atoms. The quantitative estimate of drug-likeness (QED) is 0.789. The zero-order valence-corrected chi connectivity index (χ0v) is 9.59. The van der Waals surface area contributed by atoms with Gasteiger partial charge < -0.3 is 15.0 Å². The predicted molar refractivity (Wildman–Crippen MR) is 52.6 cm³/mol. The van der Waals surface area contributed by atoms with E-state index in [4.69, 9.17) is 10.3 Å². The first-order valence-corrected chi connectivity index (χ1v) is 5.05. The van der Waals surface area contributed by atoms with Gasteiger partial charge in [0.2, 0.25) is 11.5 Å². The summed E-state index contributed by atoms with van der Waals surface area (Å²) in [7, 11) is 0. The first kappa shape index (κ1) is 14.2. The minimum atomic E-state index is -4.24. The molecule has 12 heteroatoms. The van der Waals surface area contributed by atoms with Crippen LogP contribution >= 0.6 is 0 Å². The molecule has 2 N–H and O–H groups in total. The van der Waals surface area contributed by atoms with Crippen LogP contribution in [0.4, 0.5) is 23.4 Å². The first-order valence-electron chi connectivity index (χ1n) is 5.05. The summed E-state index contributed by atoms with van der Waals surface area (Å²) in [6.45, 7) is -2.01. The molecule has 0 aromatic carbocycles. The van der Waals surface area contributed by atoms with Gasteiger partial charge in [0.25, 0.3) is 5.89 Å². The number of alkyl halides is 4. The van der Waals surface area contributed by atoms with Crippen LogP contribution in [0.3, 0.4) is 0 Å². The molecule has 8 nitrogen and oxygen atoms in total. The van der Waals surface area contributed by atoms with Crippen molar-refractivity contribution in [2.24, 2.45) is 0 Å². The smallest absolute Gasteiger partial charge is 0.330 e. The largest absolute Gasteiger partial charge is 0.379 e. The third-order valence-electron chi connectivity index (χ3n) is 2.03. The van der Waals surface area contributed by atoms with E-state index < -0.39 is 25.6 Å². The molecule has 2 rings (SSSR count). The molecule has 0 atom stereocenters. The summed E-state index contributed by atoms with van der Waals surface area (Å²) in [6.07, 6.45) is -3.82. The lowest BCUT2D eigenvalue weighted by Crippen LogP contribution is -2.32. The first-order chi connectivity index (χ1) is 9.40. The van der Waals surface area contributed by atoms with Crippen LogP contribution in [0.25, 0.3) is 11.6 Å². The predicted octanol–water partition coefficient (Wildman–Crippen LogP) is 1.12. The monoisotopic (exact) mass is 297 g/mol. The molecule has 0 aliphatic rings. The number of nitrogen functional groups attached to an aromatic ring is 1. The molecule has 2 heterocycles. The van der Waals surface area contributed by atoms with Crippen molar-refractivity contribution in [3.05, 3.63) is 5.82 Å². The Kier molecular flexibility index (Phi) is 3.83. The van der Waals surface area contributed by atoms with Crippen LogP contribution in [0.5, 0.6) is 0 Å². The number of rotatable bonds is 6. The maximum Gasteiger partial charge on any atom is 0.330 e. The van der Waals surface area contributed by atoms with Crippen LogP contribution in [0.1, 0.15) is 5.82 Å². The third-order valence-corrected chi connectivity index (χ3v) is 2.03. The SMILES string of the molecule is Nc1nonc1-c1nc(COCC(F)(F)C(F)F)no1. The molecular formula is C8H7F4N5O3. The van der Waals surface area contributed by atoms with Crippen molar-refractivity contribution in [1.82, 2.24) is 20.5 Å². The number of hydrogen-bond donors (Lipinski definition) is 1. The zero-order valence-electron chi connectivity index (χ0n) is 9.59. The maximum absolute atomic E-state index is 12.5. The summed E-state index contributed by atoms with van der Waals surface area (Å²) < 4.78 is 62.2. The fourth-order valence-electron chi connectivity index (χ4n) is 1.09. The van der Waals surface area contributed by atoms with Crippen molar-refractivity contribution in [3.8, 4) is 11.6 Å². The van der Waals surface area contributed by atoms with Gasteiger partial charge >= 0.3 is 12.3 Å². The van der Waals surface area contributed by atoms with Crippen molar-refractivity contribution in [2.75, 3.05) is 12.3 Å². The number of nitrogens with two attached hydrogens (primary N) is 1. The summed E-state index contributed by atoms with van der Waals surface area (Å²) in [5.74, 6) is -4.66. The number of nitrogens with zero attached hydrogens (tertiary/aromatic N) is 4. The standard InChI is InChI=1S/C8H7F4N5O3/c9-7(10)8(11,12)2-18-1-3-14-6(19-15-3)4-5(13)17-20-16-4/h7H,1-2H2,(H2,13,17). The molecule has 0 saturated carbocycles. The van der Waals surface area contributed by atoms with Crippen LogP contribution in [-0.4, -0.2) is 39.4 Å². The van der Waals surface area contributed by atoms with Gasteiger partial charge in [0, 0.05) is 0 Å². The van der Waals surface area contributed by atoms with Gasteiger partial charge in [0.15, 0.2) is 5.82 Å². The summed E-state index contributed by atoms with van der Waals surface area (Å²) in [6, 6.07) is 0. The molecule has 2 aromatic rings. The average Bonchev–Trinajstić information content (AvgIpc) is 2.97. The lowest BCUT2D eigenvalue weighted by atomic mass is 10.4. The number of aromatic nitrogens is 4. The summed E-state index contributed by atoms with van der Waals surface area (Å²) in [5, 5.41) is 10.0. The normalized spacial score (nSPS) is 12.2. The number of halogens is 4. The third kappa shape index (κ3) is 3.01. The minimum Gasteiger partial charge on any atom is -0.379 e. The van der Waals surface area contributed by atoms with Gasteiger partial charge in [-0.15, -0.1) is 0 Å². The molecule has 110 valence electrons. The lowest BCUT2D eigenvalue weighted by molar-refractivity contribution is -0.168. The maximum atomic E-state index is 12.5. The molecule has 0 unspecified atom stereocenters. The molecule has 0 aliphatic heterocycles. The zero-order chi connectivity index (χ0) is 14.8. The van der Waals surface area contributed by atoms with Gasteiger partial charge in [-0.1, -0.05) is 5.16 Å². The van der Waals surface area contributed by atoms with Crippen LogP contribution < -0.4 is 5.73 Å². The summed E-state index contributed by atoms with van der Waals surface area (Å²) in [5.41, 5.74) is 5.34. The molecule has 0 bridgehead atoms. The summed E-state index contributed by atoms with van der Waals surface area (Å²) >= 11 is 0. The van der Waals surface area contributed by atoms with E-state index in [2.05, 4.69) is 29.8 Å². The second-order valence-electron chi connectivity index (χ2n) is 3.57. The summed E-state index contributed by atoms with van der Waals surface area (Å²) in [4.78, 5) is 3.70. The Morgan fingerprint density at radius 2 is 2.00 bits per heavy atom. The van der Waals surface area contributed by atoms with Crippen molar-refractivity contribution in [2.45, 2.75) is 19.0 Å². The van der Waals surface area contributed by atoms with Crippen molar-refractivity contribution in [3.63, 3.8) is 0 Å². The van der Waals surface area contributed by atoms with Crippen LogP contribution in [0, 0.1) is 0 Å². The molecular weight excluding hydrogens is 290 g/mol. The molecule has 2 aromatic heterocycles. The Bertz CT molecular complexity index is 572. The van der Waals surface area contributed by atoms with Crippen LogP contribution in [0.15, 0.2) is 9.15 Å². The highest BCUT2D eigenvalue weighted by Gasteiger charge is 2.41. The van der Waals surface area contributed by atoms with E-state index in [0.29, 0.717) is 0 Å². The Morgan fingerprint density at radius 3 is 2.60 bits per heavy atom. The van der Waals surface area contributed by atoms with Crippen LogP contribution in [0.2, 0.25) is 0 Å². The molecule has 0 saturated heterocycles. The van der Waals surface area contributed by atoms with Gasteiger partial charge in [-0.2, -0.15) is 13.8 Å². The topological polar surface area (TPSA) is 113 Å². The second-order valence-corrected chi connectivity index (χ2v) is 3.57. The van der Waals surface area contributed by atoms with E-state index in [1.807, 2.05) is 0 Å².